The van der Waals surface area contributed by atoms with E-state index in [9.17, 15) is 9.59 Å². The standard InChI is InChI=1S/C18H22N6O2/c1-23(2)15-8-14(21-17(22-15)12-5-4-6-19-9-12)10-20-18(26)13-7-16(25)24(3)11-13/h4-6,8-9,13H,7,10-11H2,1-3H3,(H,20,26)/t13-/m1/s1. The van der Waals surface area contributed by atoms with Crippen LogP contribution in [0.1, 0.15) is 12.1 Å². The summed E-state index contributed by atoms with van der Waals surface area (Å²) in [6.07, 6.45) is 3.66. The summed E-state index contributed by atoms with van der Waals surface area (Å²) in [4.78, 5) is 40.6. The van der Waals surface area contributed by atoms with Gasteiger partial charge in [-0.1, -0.05) is 0 Å². The number of aromatic nitrogens is 3. The Bertz CT molecular complexity index is 809. The molecule has 0 saturated carbocycles. The minimum Gasteiger partial charge on any atom is -0.363 e. The van der Waals surface area contributed by atoms with Gasteiger partial charge in [0.15, 0.2) is 5.82 Å². The molecule has 26 heavy (non-hydrogen) atoms. The third-order valence-corrected chi connectivity index (χ3v) is 4.30. The molecule has 3 heterocycles. The predicted octanol–water partition coefficient (Wildman–Crippen LogP) is 0.699. The highest BCUT2D eigenvalue weighted by molar-refractivity contribution is 5.89. The molecule has 0 aliphatic carbocycles. The zero-order chi connectivity index (χ0) is 18.7. The van der Waals surface area contributed by atoms with Gasteiger partial charge in [0.2, 0.25) is 11.8 Å². The van der Waals surface area contributed by atoms with Gasteiger partial charge in [-0.3, -0.25) is 14.6 Å². The molecule has 2 aromatic heterocycles. The van der Waals surface area contributed by atoms with Crippen LogP contribution in [0.5, 0.6) is 0 Å². The summed E-state index contributed by atoms with van der Waals surface area (Å²) in [7, 11) is 5.51. The van der Waals surface area contributed by atoms with Crippen molar-refractivity contribution in [2.75, 3.05) is 32.6 Å². The SMILES string of the molecule is CN1C[C@H](C(=O)NCc2cc(N(C)C)nc(-c3cccnc3)n2)CC1=O. The minimum absolute atomic E-state index is 0.000874. The zero-order valence-electron chi connectivity index (χ0n) is 15.1. The van der Waals surface area contributed by atoms with Crippen molar-refractivity contribution < 1.29 is 9.59 Å². The second-order valence-corrected chi connectivity index (χ2v) is 6.57. The van der Waals surface area contributed by atoms with Crippen LogP contribution in [0.25, 0.3) is 11.4 Å². The number of amides is 2. The van der Waals surface area contributed by atoms with Crippen molar-refractivity contribution in [3.63, 3.8) is 0 Å². The van der Waals surface area contributed by atoms with E-state index in [-0.39, 0.29) is 30.7 Å². The smallest absolute Gasteiger partial charge is 0.225 e. The Morgan fingerprint density at radius 1 is 1.38 bits per heavy atom. The fourth-order valence-corrected chi connectivity index (χ4v) is 2.79. The van der Waals surface area contributed by atoms with Gasteiger partial charge >= 0.3 is 0 Å². The molecular weight excluding hydrogens is 332 g/mol. The monoisotopic (exact) mass is 354 g/mol. The third kappa shape index (κ3) is 3.96. The first kappa shape index (κ1) is 17.8. The number of carbonyl (C=O) groups excluding carboxylic acids is 2. The Hall–Kier alpha value is -3.03. The summed E-state index contributed by atoms with van der Waals surface area (Å²) in [5.74, 6) is 0.875. The maximum atomic E-state index is 12.3. The van der Waals surface area contributed by atoms with Crippen LogP contribution < -0.4 is 10.2 Å². The van der Waals surface area contributed by atoms with E-state index in [0.29, 0.717) is 18.1 Å². The lowest BCUT2D eigenvalue weighted by atomic mass is 10.1. The number of nitrogens with zero attached hydrogens (tertiary/aromatic N) is 5. The Labute approximate surface area is 152 Å². The van der Waals surface area contributed by atoms with Crippen molar-refractivity contribution >= 4 is 17.6 Å². The lowest BCUT2D eigenvalue weighted by molar-refractivity contribution is -0.128. The van der Waals surface area contributed by atoms with E-state index >= 15 is 0 Å². The summed E-state index contributed by atoms with van der Waals surface area (Å²) in [5.41, 5.74) is 1.51. The highest BCUT2D eigenvalue weighted by Crippen LogP contribution is 2.19. The average Bonchev–Trinajstić information content (AvgIpc) is 2.99. The summed E-state index contributed by atoms with van der Waals surface area (Å²) in [6, 6.07) is 5.56. The van der Waals surface area contributed by atoms with Crippen LogP contribution in [0.15, 0.2) is 30.6 Å². The van der Waals surface area contributed by atoms with Crippen LogP contribution in [0.2, 0.25) is 0 Å². The number of pyridine rings is 1. The number of hydrogen-bond acceptors (Lipinski definition) is 6. The summed E-state index contributed by atoms with van der Waals surface area (Å²) in [6.45, 7) is 0.738. The summed E-state index contributed by atoms with van der Waals surface area (Å²) < 4.78 is 0. The van der Waals surface area contributed by atoms with Gasteiger partial charge in [0.1, 0.15) is 5.82 Å². The van der Waals surface area contributed by atoms with Gasteiger partial charge in [0, 0.05) is 58.1 Å². The van der Waals surface area contributed by atoms with Crippen LogP contribution in [-0.2, 0) is 16.1 Å². The first-order valence-corrected chi connectivity index (χ1v) is 8.41. The van der Waals surface area contributed by atoms with Crippen molar-refractivity contribution in [1.29, 1.82) is 0 Å². The van der Waals surface area contributed by atoms with Crippen molar-refractivity contribution in [3.05, 3.63) is 36.3 Å². The molecule has 1 aliphatic heterocycles. The van der Waals surface area contributed by atoms with Crippen molar-refractivity contribution in [3.8, 4) is 11.4 Å². The lowest BCUT2D eigenvalue weighted by Gasteiger charge is -2.15. The van der Waals surface area contributed by atoms with E-state index in [0.717, 1.165) is 11.4 Å². The fraction of sp³-hybridized carbons (Fsp3) is 0.389. The molecule has 136 valence electrons. The first-order valence-electron chi connectivity index (χ1n) is 8.41. The van der Waals surface area contributed by atoms with E-state index in [1.54, 1.807) is 24.3 Å². The molecule has 0 unspecified atom stereocenters. The first-order chi connectivity index (χ1) is 12.4. The third-order valence-electron chi connectivity index (χ3n) is 4.30. The molecular formula is C18H22N6O2. The van der Waals surface area contributed by atoms with Gasteiger partial charge in [-0.2, -0.15) is 0 Å². The van der Waals surface area contributed by atoms with E-state index < -0.39 is 0 Å². The van der Waals surface area contributed by atoms with Gasteiger partial charge in [0.05, 0.1) is 18.2 Å². The van der Waals surface area contributed by atoms with Crippen molar-refractivity contribution in [2.45, 2.75) is 13.0 Å². The molecule has 3 rings (SSSR count). The quantitative estimate of drug-likeness (QED) is 0.850. The largest absolute Gasteiger partial charge is 0.363 e. The molecule has 1 saturated heterocycles. The fourth-order valence-electron chi connectivity index (χ4n) is 2.79. The molecule has 0 radical (unpaired) electrons. The second-order valence-electron chi connectivity index (χ2n) is 6.57. The molecule has 1 fully saturated rings. The number of rotatable bonds is 5. The highest BCUT2D eigenvalue weighted by Gasteiger charge is 2.31. The highest BCUT2D eigenvalue weighted by atomic mass is 16.2. The molecule has 1 N–H and O–H groups in total. The predicted molar refractivity (Wildman–Crippen MR) is 97.2 cm³/mol. The summed E-state index contributed by atoms with van der Waals surface area (Å²) >= 11 is 0. The Balaban J connectivity index is 1.76. The normalized spacial score (nSPS) is 16.7. The van der Waals surface area contributed by atoms with Crippen LogP contribution in [-0.4, -0.2) is 59.4 Å². The van der Waals surface area contributed by atoms with Crippen LogP contribution >= 0.6 is 0 Å². The van der Waals surface area contributed by atoms with E-state index in [2.05, 4.69) is 20.3 Å². The lowest BCUT2D eigenvalue weighted by Crippen LogP contribution is -2.32. The van der Waals surface area contributed by atoms with Gasteiger partial charge in [0.25, 0.3) is 0 Å². The van der Waals surface area contributed by atoms with E-state index in [1.165, 1.54) is 0 Å². The Kier molecular flexibility index (Phi) is 5.11. The van der Waals surface area contributed by atoms with Crippen LogP contribution in [0, 0.1) is 5.92 Å². The maximum absolute atomic E-state index is 12.3. The zero-order valence-corrected chi connectivity index (χ0v) is 15.1. The molecule has 2 amide bonds. The topological polar surface area (TPSA) is 91.3 Å². The van der Waals surface area contributed by atoms with Crippen LogP contribution in [0.4, 0.5) is 5.82 Å². The van der Waals surface area contributed by atoms with Gasteiger partial charge in [-0.25, -0.2) is 9.97 Å². The van der Waals surface area contributed by atoms with Crippen LogP contribution in [0.3, 0.4) is 0 Å². The summed E-state index contributed by atoms with van der Waals surface area (Å²) in [5, 5.41) is 2.88. The molecule has 0 aromatic carbocycles. The second kappa shape index (κ2) is 7.47. The van der Waals surface area contributed by atoms with Gasteiger partial charge < -0.3 is 15.1 Å². The molecule has 8 heteroatoms. The minimum atomic E-state index is -0.305. The number of anilines is 1. The Morgan fingerprint density at radius 2 is 2.19 bits per heavy atom. The average molecular weight is 354 g/mol. The van der Waals surface area contributed by atoms with E-state index in [1.807, 2.05) is 37.2 Å². The van der Waals surface area contributed by atoms with Gasteiger partial charge in [-0.05, 0) is 12.1 Å². The van der Waals surface area contributed by atoms with Crippen molar-refractivity contribution in [1.82, 2.24) is 25.2 Å². The number of likely N-dealkylation sites (tertiary alicyclic amines) is 1. The molecule has 0 spiro atoms. The maximum Gasteiger partial charge on any atom is 0.225 e. The molecule has 1 atom stereocenters. The Morgan fingerprint density at radius 3 is 2.81 bits per heavy atom. The molecule has 1 aliphatic rings. The number of hydrogen-bond donors (Lipinski definition) is 1. The molecule has 2 aromatic rings. The van der Waals surface area contributed by atoms with Gasteiger partial charge in [-0.15, -0.1) is 0 Å². The number of carbonyl (C=O) groups is 2. The number of nitrogens with one attached hydrogen (secondary N) is 1. The van der Waals surface area contributed by atoms with Crippen molar-refractivity contribution in [2.24, 2.45) is 5.92 Å². The molecule has 8 nitrogen and oxygen atoms in total. The molecule has 0 bridgehead atoms. The van der Waals surface area contributed by atoms with E-state index in [4.69, 9.17) is 0 Å².